The van der Waals surface area contributed by atoms with Gasteiger partial charge in [0.2, 0.25) is 5.91 Å². The van der Waals surface area contributed by atoms with Gasteiger partial charge in [0.15, 0.2) is 0 Å². The summed E-state index contributed by atoms with van der Waals surface area (Å²) in [4.78, 5) is 20.7. The van der Waals surface area contributed by atoms with Crippen LogP contribution in [0.4, 0.5) is 5.82 Å². The normalized spacial score (nSPS) is 12.1. The molecule has 1 aromatic carbocycles. The fourth-order valence-corrected chi connectivity index (χ4v) is 3.28. The molecule has 0 aliphatic heterocycles. The zero-order chi connectivity index (χ0) is 21.1. The smallest absolute Gasteiger partial charge is 0.305 e. The summed E-state index contributed by atoms with van der Waals surface area (Å²) in [7, 11) is 0.503. The van der Waals surface area contributed by atoms with E-state index >= 15 is 0 Å². The number of amides is 1. The highest BCUT2D eigenvalue weighted by Crippen LogP contribution is 2.25. The van der Waals surface area contributed by atoms with Gasteiger partial charge >= 0.3 is 6.01 Å². The number of pyridine rings is 1. The molecule has 1 atom stereocenters. The summed E-state index contributed by atoms with van der Waals surface area (Å²) in [6.45, 7) is 0.109. The lowest BCUT2D eigenvalue weighted by molar-refractivity contribution is -0.113. The molecule has 4 aromatic rings. The zero-order valence-corrected chi connectivity index (χ0v) is 17.0. The number of anilines is 1. The van der Waals surface area contributed by atoms with Crippen molar-refractivity contribution in [1.82, 2.24) is 34.7 Å². The van der Waals surface area contributed by atoms with Gasteiger partial charge in [0, 0.05) is 24.1 Å². The molecule has 0 aliphatic carbocycles. The number of fused-ring (bicyclic) bond motifs is 1. The number of rotatable bonds is 7. The molecular formula is C18H18N8O3S. The Bertz CT molecular complexity index is 1240. The molecule has 1 amide bonds. The van der Waals surface area contributed by atoms with E-state index in [1.54, 1.807) is 29.8 Å². The third kappa shape index (κ3) is 4.17. The van der Waals surface area contributed by atoms with Gasteiger partial charge in [-0.05, 0) is 34.7 Å². The maximum atomic E-state index is 11.8. The van der Waals surface area contributed by atoms with Crippen LogP contribution < -0.4 is 10.1 Å². The fourth-order valence-electron chi connectivity index (χ4n) is 2.84. The van der Waals surface area contributed by atoms with Crippen molar-refractivity contribution in [1.29, 1.82) is 0 Å². The minimum absolute atomic E-state index is 0.0852. The van der Waals surface area contributed by atoms with Gasteiger partial charge in [-0.3, -0.25) is 9.00 Å². The predicted molar refractivity (Wildman–Crippen MR) is 110 cm³/mol. The number of para-hydroxylation sites is 2. The quantitative estimate of drug-likeness (QED) is 0.460. The van der Waals surface area contributed by atoms with E-state index in [1.807, 2.05) is 24.3 Å². The molecule has 30 heavy (non-hydrogen) atoms. The number of benzene rings is 1. The van der Waals surface area contributed by atoms with Gasteiger partial charge in [0.05, 0.1) is 16.7 Å². The third-order valence-corrected chi connectivity index (χ3v) is 4.75. The largest absolute Gasteiger partial charge is 0.458 e. The molecule has 0 aliphatic rings. The second-order valence-electron chi connectivity index (χ2n) is 6.39. The molecule has 0 bridgehead atoms. The molecule has 154 valence electrons. The Morgan fingerprint density at radius 2 is 2.00 bits per heavy atom. The zero-order valence-electron chi connectivity index (χ0n) is 16.2. The number of carbonyl (C=O) groups is 1. The Balaban J connectivity index is 1.57. The summed E-state index contributed by atoms with van der Waals surface area (Å²) in [5, 5.41) is 14.2. The first-order chi connectivity index (χ1) is 14.5. The molecule has 11 nitrogen and oxygen atoms in total. The van der Waals surface area contributed by atoms with Gasteiger partial charge < -0.3 is 10.1 Å². The highest BCUT2D eigenvalue weighted by Gasteiger charge is 2.18. The van der Waals surface area contributed by atoms with Crippen LogP contribution in [0.3, 0.4) is 0 Å². The van der Waals surface area contributed by atoms with Crippen LogP contribution in [-0.4, -0.2) is 56.9 Å². The number of hydrogen-bond donors (Lipinski definition) is 1. The first-order valence-corrected chi connectivity index (χ1v) is 10.6. The van der Waals surface area contributed by atoms with Crippen molar-refractivity contribution >= 4 is 33.6 Å². The van der Waals surface area contributed by atoms with Crippen molar-refractivity contribution in [2.75, 3.05) is 17.3 Å². The molecule has 0 spiro atoms. The predicted octanol–water partition coefficient (Wildman–Crippen LogP) is 0.840. The Hall–Kier alpha value is -3.67. The number of imidazole rings is 1. The van der Waals surface area contributed by atoms with Crippen molar-refractivity contribution in [2.45, 2.75) is 6.61 Å². The molecule has 3 aromatic heterocycles. The number of nitrogens with zero attached hydrogens (tertiary/aromatic N) is 7. The first-order valence-electron chi connectivity index (χ1n) is 8.90. The summed E-state index contributed by atoms with van der Waals surface area (Å²) in [6, 6.07) is 13.0. The lowest BCUT2D eigenvalue weighted by Crippen LogP contribution is -2.19. The van der Waals surface area contributed by atoms with Crippen molar-refractivity contribution < 1.29 is 13.7 Å². The van der Waals surface area contributed by atoms with Crippen molar-refractivity contribution in [2.24, 2.45) is 7.05 Å². The number of tetrazole rings is 1. The summed E-state index contributed by atoms with van der Waals surface area (Å²) < 4.78 is 20.4. The third-order valence-electron chi connectivity index (χ3n) is 4.09. The monoisotopic (exact) mass is 426 g/mol. The SMILES string of the molecule is Cn1nnnc1-n1c(OCc2cccc(NC(=O)CS(C)=O)n2)nc2ccccc21. The Morgan fingerprint density at radius 1 is 1.17 bits per heavy atom. The van der Waals surface area contributed by atoms with Crippen molar-refractivity contribution in [3.05, 3.63) is 48.2 Å². The van der Waals surface area contributed by atoms with E-state index in [4.69, 9.17) is 4.74 Å². The number of hydrogen-bond acceptors (Lipinski definition) is 8. The number of aryl methyl sites for hydroxylation is 1. The molecule has 12 heteroatoms. The van der Waals surface area contributed by atoms with Gasteiger partial charge in [-0.15, -0.1) is 0 Å². The summed E-state index contributed by atoms with van der Waals surface area (Å²) in [5.74, 6) is 0.369. The molecule has 0 fully saturated rings. The van der Waals surface area contributed by atoms with E-state index < -0.39 is 10.8 Å². The minimum Gasteiger partial charge on any atom is -0.458 e. The van der Waals surface area contributed by atoms with Crippen molar-refractivity contribution in [3.8, 4) is 12.0 Å². The van der Waals surface area contributed by atoms with E-state index in [0.29, 0.717) is 23.5 Å². The summed E-state index contributed by atoms with van der Waals surface area (Å²) >= 11 is 0. The Labute approximate surface area is 173 Å². The lowest BCUT2D eigenvalue weighted by Gasteiger charge is -2.09. The molecule has 4 rings (SSSR count). The number of aromatic nitrogens is 7. The van der Waals surface area contributed by atoms with Crippen LogP contribution in [0.5, 0.6) is 6.01 Å². The average molecular weight is 426 g/mol. The van der Waals surface area contributed by atoms with E-state index in [1.165, 1.54) is 10.9 Å². The summed E-state index contributed by atoms with van der Waals surface area (Å²) in [5.41, 5.74) is 2.11. The van der Waals surface area contributed by atoms with Crippen LogP contribution in [0.1, 0.15) is 5.69 Å². The van der Waals surface area contributed by atoms with Crippen LogP contribution in [0.15, 0.2) is 42.5 Å². The molecule has 1 unspecified atom stereocenters. The van der Waals surface area contributed by atoms with Crippen LogP contribution in [0.25, 0.3) is 17.0 Å². The van der Waals surface area contributed by atoms with Gasteiger partial charge in [-0.25, -0.2) is 14.2 Å². The van der Waals surface area contributed by atoms with Gasteiger partial charge in [-0.1, -0.05) is 23.3 Å². The van der Waals surface area contributed by atoms with Crippen LogP contribution in [0.2, 0.25) is 0 Å². The summed E-state index contributed by atoms with van der Waals surface area (Å²) in [6.07, 6.45) is 1.47. The van der Waals surface area contributed by atoms with Crippen molar-refractivity contribution in [3.63, 3.8) is 0 Å². The Morgan fingerprint density at radius 3 is 2.77 bits per heavy atom. The molecular weight excluding hydrogens is 408 g/mol. The average Bonchev–Trinajstić information content (AvgIpc) is 3.28. The maximum absolute atomic E-state index is 11.8. The molecule has 0 saturated carbocycles. The lowest BCUT2D eigenvalue weighted by atomic mass is 10.3. The number of nitrogens with one attached hydrogen (secondary N) is 1. The maximum Gasteiger partial charge on any atom is 0.305 e. The van der Waals surface area contributed by atoms with Gasteiger partial charge in [0.1, 0.15) is 18.2 Å². The van der Waals surface area contributed by atoms with E-state index in [2.05, 4.69) is 30.8 Å². The highest BCUT2D eigenvalue weighted by atomic mass is 32.2. The van der Waals surface area contributed by atoms with E-state index in [0.717, 1.165) is 11.0 Å². The standard InChI is InChI=1S/C18H18N8O3S/c1-25-17(22-23-24-25)26-14-8-4-3-7-13(14)20-18(26)29-10-12-6-5-9-15(19-12)21-16(27)11-30(2)28/h3-9H,10-11H2,1-2H3,(H,19,21,27). The minimum atomic E-state index is -1.22. The van der Waals surface area contributed by atoms with Gasteiger partial charge in [0.25, 0.3) is 5.95 Å². The van der Waals surface area contributed by atoms with Crippen LogP contribution >= 0.6 is 0 Å². The van der Waals surface area contributed by atoms with E-state index in [9.17, 15) is 9.00 Å². The second-order valence-corrected chi connectivity index (χ2v) is 7.82. The molecule has 0 saturated heterocycles. The highest BCUT2D eigenvalue weighted by molar-refractivity contribution is 7.85. The van der Waals surface area contributed by atoms with E-state index in [-0.39, 0.29) is 18.3 Å². The Kier molecular flexibility index (Phi) is 5.48. The second kappa shape index (κ2) is 8.37. The first kappa shape index (κ1) is 19.6. The van der Waals surface area contributed by atoms with Crippen LogP contribution in [0, 0.1) is 0 Å². The number of ether oxygens (including phenoxy) is 1. The van der Waals surface area contributed by atoms with Gasteiger partial charge in [-0.2, -0.15) is 4.98 Å². The molecule has 1 N–H and O–H groups in total. The number of carbonyl (C=O) groups excluding carboxylic acids is 1. The van der Waals surface area contributed by atoms with Crippen LogP contribution in [-0.2, 0) is 29.2 Å². The molecule has 3 heterocycles. The topological polar surface area (TPSA) is 130 Å². The molecule has 0 radical (unpaired) electrons. The fraction of sp³-hybridized carbons (Fsp3) is 0.222.